The van der Waals surface area contributed by atoms with Crippen LogP contribution in [-0.4, -0.2) is 49.1 Å². The standard InChI is InChI=1S/C10H15N3O4S/c1-17-10(14)8-3-2-4-13(7-8)18(15,16)9-5-11-12-6-9/h5-6,8H,2-4,7H2,1H3,(H,11,12)/t8-/m0/s1. The molecule has 1 N–H and O–H groups in total. The molecule has 0 radical (unpaired) electrons. The SMILES string of the molecule is COC(=O)[C@H]1CCCN(S(=O)(=O)c2cn[nH]c2)C1. The lowest BCUT2D eigenvalue weighted by molar-refractivity contribution is -0.146. The van der Waals surface area contributed by atoms with Crippen LogP contribution < -0.4 is 0 Å². The lowest BCUT2D eigenvalue weighted by atomic mass is 10.0. The molecule has 0 amide bonds. The number of aromatic nitrogens is 2. The van der Waals surface area contributed by atoms with Gasteiger partial charge in [-0.2, -0.15) is 9.40 Å². The van der Waals surface area contributed by atoms with Gasteiger partial charge in [-0.15, -0.1) is 0 Å². The average Bonchev–Trinajstić information content (AvgIpc) is 2.92. The molecule has 7 nitrogen and oxygen atoms in total. The smallest absolute Gasteiger partial charge is 0.309 e. The van der Waals surface area contributed by atoms with Gasteiger partial charge in [0.1, 0.15) is 4.90 Å². The van der Waals surface area contributed by atoms with E-state index in [4.69, 9.17) is 0 Å². The van der Waals surface area contributed by atoms with Crippen LogP contribution in [0.15, 0.2) is 17.3 Å². The van der Waals surface area contributed by atoms with Crippen LogP contribution in [0.2, 0.25) is 0 Å². The van der Waals surface area contributed by atoms with Crippen LogP contribution in [0, 0.1) is 5.92 Å². The Labute approximate surface area is 105 Å². The lowest BCUT2D eigenvalue weighted by Crippen LogP contribution is -2.42. The second kappa shape index (κ2) is 5.07. The van der Waals surface area contributed by atoms with Crippen LogP contribution in [-0.2, 0) is 19.6 Å². The highest BCUT2D eigenvalue weighted by Crippen LogP contribution is 2.23. The summed E-state index contributed by atoms with van der Waals surface area (Å²) in [5.74, 6) is -0.743. The molecule has 2 heterocycles. The normalized spacial score (nSPS) is 21.7. The third-order valence-corrected chi connectivity index (χ3v) is 4.86. The number of nitrogens with zero attached hydrogens (tertiary/aromatic N) is 2. The second-order valence-electron chi connectivity index (χ2n) is 4.16. The highest BCUT2D eigenvalue weighted by molar-refractivity contribution is 7.89. The van der Waals surface area contributed by atoms with Gasteiger partial charge in [0.05, 0.1) is 19.2 Å². The summed E-state index contributed by atoms with van der Waals surface area (Å²) in [7, 11) is -2.25. The van der Waals surface area contributed by atoms with E-state index >= 15 is 0 Å². The molecule has 0 bridgehead atoms. The number of carbonyl (C=O) groups excluding carboxylic acids is 1. The zero-order valence-corrected chi connectivity index (χ0v) is 10.8. The molecule has 1 aliphatic heterocycles. The van der Waals surface area contributed by atoms with Gasteiger partial charge in [-0.1, -0.05) is 0 Å². The van der Waals surface area contributed by atoms with E-state index < -0.39 is 10.0 Å². The fourth-order valence-corrected chi connectivity index (χ4v) is 3.48. The Morgan fingerprint density at radius 3 is 3.00 bits per heavy atom. The molecule has 1 fully saturated rings. The zero-order valence-electron chi connectivity index (χ0n) is 10.00. The first-order valence-corrected chi connectivity index (χ1v) is 7.06. The van der Waals surface area contributed by atoms with Crippen molar-refractivity contribution in [3.05, 3.63) is 12.4 Å². The van der Waals surface area contributed by atoms with Crippen LogP contribution in [0.25, 0.3) is 0 Å². The fourth-order valence-electron chi connectivity index (χ4n) is 2.05. The molecule has 0 aromatic carbocycles. The monoisotopic (exact) mass is 273 g/mol. The van der Waals surface area contributed by atoms with Crippen LogP contribution in [0.4, 0.5) is 0 Å². The number of methoxy groups -OCH3 is 1. The van der Waals surface area contributed by atoms with Crippen molar-refractivity contribution in [3.63, 3.8) is 0 Å². The fraction of sp³-hybridized carbons (Fsp3) is 0.600. The lowest BCUT2D eigenvalue weighted by Gasteiger charge is -2.29. The minimum atomic E-state index is -3.56. The average molecular weight is 273 g/mol. The quantitative estimate of drug-likeness (QED) is 0.781. The predicted octanol–water partition coefficient (Wildman–Crippen LogP) is -0.0166. The molecular weight excluding hydrogens is 258 g/mol. The van der Waals surface area contributed by atoms with E-state index in [1.54, 1.807) is 0 Å². The van der Waals surface area contributed by atoms with Crippen molar-refractivity contribution in [1.82, 2.24) is 14.5 Å². The number of rotatable bonds is 3. The highest BCUT2D eigenvalue weighted by atomic mass is 32.2. The van der Waals surface area contributed by atoms with E-state index in [1.807, 2.05) is 0 Å². The summed E-state index contributed by atoms with van der Waals surface area (Å²) in [6, 6.07) is 0. The Bertz CT molecular complexity index is 511. The van der Waals surface area contributed by atoms with Gasteiger partial charge < -0.3 is 4.74 Å². The van der Waals surface area contributed by atoms with Crippen molar-refractivity contribution in [3.8, 4) is 0 Å². The zero-order chi connectivity index (χ0) is 13.2. The number of H-pyrrole nitrogens is 1. The Balaban J connectivity index is 2.17. The largest absolute Gasteiger partial charge is 0.469 e. The first-order chi connectivity index (χ1) is 8.55. The molecule has 1 atom stereocenters. The summed E-state index contributed by atoms with van der Waals surface area (Å²) in [5, 5.41) is 6.10. The van der Waals surface area contributed by atoms with Gasteiger partial charge in [0, 0.05) is 19.3 Å². The molecule has 0 unspecified atom stereocenters. The van der Waals surface area contributed by atoms with Gasteiger partial charge in [-0.05, 0) is 12.8 Å². The van der Waals surface area contributed by atoms with Crippen molar-refractivity contribution in [2.24, 2.45) is 5.92 Å². The topological polar surface area (TPSA) is 92.4 Å². The summed E-state index contributed by atoms with van der Waals surface area (Å²) in [4.78, 5) is 11.6. The van der Waals surface area contributed by atoms with Crippen molar-refractivity contribution in [2.75, 3.05) is 20.2 Å². The van der Waals surface area contributed by atoms with Crippen LogP contribution in [0.3, 0.4) is 0 Å². The molecule has 1 saturated heterocycles. The third kappa shape index (κ3) is 2.39. The molecule has 1 aliphatic rings. The number of ether oxygens (including phenoxy) is 1. The van der Waals surface area contributed by atoms with Gasteiger partial charge in [-0.25, -0.2) is 8.42 Å². The molecule has 0 spiro atoms. The van der Waals surface area contributed by atoms with Gasteiger partial charge in [0.25, 0.3) is 0 Å². The first kappa shape index (κ1) is 13.0. The Kier molecular flexibility index (Phi) is 3.67. The molecule has 100 valence electrons. The summed E-state index contributed by atoms with van der Waals surface area (Å²) < 4.78 is 30.4. The summed E-state index contributed by atoms with van der Waals surface area (Å²) in [6.45, 7) is 0.585. The van der Waals surface area contributed by atoms with Crippen LogP contribution in [0.5, 0.6) is 0 Å². The van der Waals surface area contributed by atoms with Gasteiger partial charge >= 0.3 is 5.97 Å². The number of hydrogen-bond acceptors (Lipinski definition) is 5. The van der Waals surface area contributed by atoms with E-state index in [2.05, 4.69) is 14.9 Å². The Hall–Kier alpha value is -1.41. The molecule has 0 saturated carbocycles. The van der Waals surface area contributed by atoms with E-state index in [-0.39, 0.29) is 23.3 Å². The maximum atomic E-state index is 12.2. The molecule has 0 aliphatic carbocycles. The number of nitrogens with one attached hydrogen (secondary N) is 1. The van der Waals surface area contributed by atoms with Crippen LogP contribution >= 0.6 is 0 Å². The second-order valence-corrected chi connectivity index (χ2v) is 6.10. The molecule has 8 heteroatoms. The van der Waals surface area contributed by atoms with Crippen LogP contribution in [0.1, 0.15) is 12.8 Å². The van der Waals surface area contributed by atoms with E-state index in [0.717, 1.165) is 0 Å². The third-order valence-electron chi connectivity index (χ3n) is 3.03. The van der Waals surface area contributed by atoms with E-state index in [0.29, 0.717) is 19.4 Å². The highest BCUT2D eigenvalue weighted by Gasteiger charge is 2.34. The minimum Gasteiger partial charge on any atom is -0.469 e. The van der Waals surface area contributed by atoms with Crippen molar-refractivity contribution in [2.45, 2.75) is 17.7 Å². The number of hydrogen-bond donors (Lipinski definition) is 1. The van der Waals surface area contributed by atoms with Gasteiger partial charge in [0.15, 0.2) is 0 Å². The summed E-state index contributed by atoms with van der Waals surface area (Å²) >= 11 is 0. The number of aromatic amines is 1. The summed E-state index contributed by atoms with van der Waals surface area (Å²) in [6.07, 6.45) is 3.90. The van der Waals surface area contributed by atoms with Gasteiger partial charge in [0.2, 0.25) is 10.0 Å². The molecule has 18 heavy (non-hydrogen) atoms. The van der Waals surface area contributed by atoms with E-state index in [9.17, 15) is 13.2 Å². The molecule has 2 rings (SSSR count). The molecule has 1 aromatic heterocycles. The summed E-state index contributed by atoms with van der Waals surface area (Å²) in [5.41, 5.74) is 0. The molecular formula is C10H15N3O4S. The van der Waals surface area contributed by atoms with Crippen molar-refractivity contribution in [1.29, 1.82) is 0 Å². The maximum absolute atomic E-state index is 12.2. The Morgan fingerprint density at radius 2 is 2.39 bits per heavy atom. The molecule has 1 aromatic rings. The van der Waals surface area contributed by atoms with Crippen molar-refractivity contribution < 1.29 is 17.9 Å². The number of carbonyl (C=O) groups is 1. The van der Waals surface area contributed by atoms with Gasteiger partial charge in [-0.3, -0.25) is 9.89 Å². The number of sulfonamides is 1. The van der Waals surface area contributed by atoms with Crippen molar-refractivity contribution >= 4 is 16.0 Å². The minimum absolute atomic E-state index is 0.119. The number of piperidine rings is 1. The van der Waals surface area contributed by atoms with E-state index in [1.165, 1.54) is 23.8 Å². The maximum Gasteiger partial charge on any atom is 0.309 e. The predicted molar refractivity (Wildman–Crippen MR) is 62.1 cm³/mol. The Morgan fingerprint density at radius 1 is 1.61 bits per heavy atom. The first-order valence-electron chi connectivity index (χ1n) is 5.62. The number of esters is 1.